The minimum Gasteiger partial charge on any atom is -0.144 e. The van der Waals surface area contributed by atoms with E-state index in [0.717, 1.165) is 17.9 Å². The van der Waals surface area contributed by atoms with Gasteiger partial charge in [0.15, 0.2) is 0 Å². The molecule has 0 unspecified atom stereocenters. The molecule has 15 heavy (non-hydrogen) atoms. The summed E-state index contributed by atoms with van der Waals surface area (Å²) in [7, 11) is 0. The van der Waals surface area contributed by atoms with E-state index >= 15 is 0 Å². The second-order valence-corrected chi connectivity index (χ2v) is 5.37. The summed E-state index contributed by atoms with van der Waals surface area (Å²) in [4.78, 5) is 1.42. The maximum absolute atomic E-state index is 6.29. The van der Waals surface area contributed by atoms with E-state index in [1.807, 2.05) is 11.3 Å². The van der Waals surface area contributed by atoms with Crippen molar-refractivity contribution in [1.82, 2.24) is 0 Å². The van der Waals surface area contributed by atoms with Gasteiger partial charge in [-0.05, 0) is 59.5 Å². The number of thiophene rings is 1. The van der Waals surface area contributed by atoms with Crippen LogP contribution in [-0.2, 0) is 12.8 Å². The van der Waals surface area contributed by atoms with Gasteiger partial charge < -0.3 is 0 Å². The molecule has 0 fully saturated rings. The third-order valence-electron chi connectivity index (χ3n) is 2.98. The first-order valence-electron chi connectivity index (χ1n) is 5.11. The molecule has 0 radical (unpaired) electrons. The Balaban J connectivity index is 2.32. The summed E-state index contributed by atoms with van der Waals surface area (Å²) >= 11 is 8.11. The summed E-state index contributed by atoms with van der Waals surface area (Å²) in [5, 5.41) is 3.11. The predicted octanol–water partition coefficient (Wildman–Crippen LogP) is 4.48. The third kappa shape index (κ3) is 1.42. The monoisotopic (exact) mass is 234 g/mol. The molecule has 2 aromatic rings. The van der Waals surface area contributed by atoms with Crippen LogP contribution in [0.1, 0.15) is 16.7 Å². The first-order chi connectivity index (χ1) is 7.25. The Morgan fingerprint density at radius 1 is 1.27 bits per heavy atom. The molecule has 0 nitrogen and oxygen atoms in total. The lowest BCUT2D eigenvalue weighted by Crippen LogP contribution is -2.02. The van der Waals surface area contributed by atoms with Gasteiger partial charge in [-0.3, -0.25) is 0 Å². The van der Waals surface area contributed by atoms with E-state index in [0.29, 0.717) is 0 Å². The number of rotatable bonds is 0. The average molecular weight is 235 g/mol. The lowest BCUT2D eigenvalue weighted by molar-refractivity contribution is 0.949. The van der Waals surface area contributed by atoms with E-state index < -0.39 is 0 Å². The fourth-order valence-corrected chi connectivity index (χ4v) is 3.62. The Morgan fingerprint density at radius 2 is 2.13 bits per heavy atom. The van der Waals surface area contributed by atoms with Gasteiger partial charge in [-0.1, -0.05) is 17.7 Å². The smallest absolute Gasteiger partial charge is 0.0447 e. The van der Waals surface area contributed by atoms with Crippen molar-refractivity contribution in [2.24, 2.45) is 0 Å². The fraction of sp³-hybridized carbons (Fsp3) is 0.231. The summed E-state index contributed by atoms with van der Waals surface area (Å²) in [5.74, 6) is 0. The zero-order valence-corrected chi connectivity index (χ0v) is 10.1. The van der Waals surface area contributed by atoms with E-state index in [9.17, 15) is 0 Å². The standard InChI is InChI=1S/C13H11ClS/c1-8-6-11-10(12(14)7-8)3-2-9-4-5-15-13(9)11/h4-7H,2-3H2,1H3. The molecule has 0 aliphatic heterocycles. The van der Waals surface area contributed by atoms with E-state index in [-0.39, 0.29) is 0 Å². The zero-order chi connectivity index (χ0) is 10.4. The van der Waals surface area contributed by atoms with Crippen LogP contribution < -0.4 is 0 Å². The van der Waals surface area contributed by atoms with Crippen LogP contribution in [0, 0.1) is 6.92 Å². The van der Waals surface area contributed by atoms with Crippen molar-refractivity contribution in [1.29, 1.82) is 0 Å². The highest BCUT2D eigenvalue weighted by Crippen LogP contribution is 2.40. The Labute approximate surface area is 98.5 Å². The molecule has 0 atom stereocenters. The van der Waals surface area contributed by atoms with Crippen molar-refractivity contribution in [3.05, 3.63) is 45.3 Å². The number of benzene rings is 1. The Hall–Kier alpha value is -0.790. The van der Waals surface area contributed by atoms with Crippen molar-refractivity contribution in [2.75, 3.05) is 0 Å². The van der Waals surface area contributed by atoms with Gasteiger partial charge in [0.2, 0.25) is 0 Å². The van der Waals surface area contributed by atoms with Crippen LogP contribution in [0.2, 0.25) is 5.02 Å². The van der Waals surface area contributed by atoms with Gasteiger partial charge in [0.25, 0.3) is 0 Å². The van der Waals surface area contributed by atoms with Crippen molar-refractivity contribution in [3.8, 4) is 10.4 Å². The molecule has 1 aromatic heterocycles. The summed E-state index contributed by atoms with van der Waals surface area (Å²) in [6.45, 7) is 2.11. The summed E-state index contributed by atoms with van der Waals surface area (Å²) < 4.78 is 0. The molecule has 0 N–H and O–H groups in total. The molecule has 0 amide bonds. The number of hydrogen-bond donors (Lipinski definition) is 0. The zero-order valence-electron chi connectivity index (χ0n) is 8.51. The molecule has 1 aromatic carbocycles. The molecule has 76 valence electrons. The average Bonchev–Trinajstić information content (AvgIpc) is 2.65. The summed E-state index contributed by atoms with van der Waals surface area (Å²) in [6.07, 6.45) is 2.22. The number of halogens is 1. The van der Waals surface area contributed by atoms with Gasteiger partial charge in [-0.15, -0.1) is 11.3 Å². The fourth-order valence-electron chi connectivity index (χ4n) is 2.26. The van der Waals surface area contributed by atoms with Gasteiger partial charge in [0.05, 0.1) is 0 Å². The molecule has 0 bridgehead atoms. The third-order valence-corrected chi connectivity index (χ3v) is 4.30. The molecule has 2 heteroatoms. The minimum absolute atomic E-state index is 0.934. The maximum Gasteiger partial charge on any atom is 0.0447 e. The van der Waals surface area contributed by atoms with Crippen LogP contribution in [0.5, 0.6) is 0 Å². The highest BCUT2D eigenvalue weighted by Gasteiger charge is 2.19. The van der Waals surface area contributed by atoms with Gasteiger partial charge >= 0.3 is 0 Å². The number of fused-ring (bicyclic) bond motifs is 3. The summed E-state index contributed by atoms with van der Waals surface area (Å²) in [5.41, 5.74) is 5.42. The van der Waals surface area contributed by atoms with Gasteiger partial charge in [0, 0.05) is 9.90 Å². The van der Waals surface area contributed by atoms with E-state index in [2.05, 4.69) is 30.5 Å². The quantitative estimate of drug-likeness (QED) is 0.631. The van der Waals surface area contributed by atoms with Crippen LogP contribution in [0.25, 0.3) is 10.4 Å². The minimum atomic E-state index is 0.934. The Kier molecular flexibility index (Phi) is 2.11. The molecular weight excluding hydrogens is 224 g/mol. The van der Waals surface area contributed by atoms with Gasteiger partial charge in [-0.2, -0.15) is 0 Å². The van der Waals surface area contributed by atoms with Crippen molar-refractivity contribution >= 4 is 22.9 Å². The number of hydrogen-bond acceptors (Lipinski definition) is 1. The first-order valence-corrected chi connectivity index (χ1v) is 6.37. The lowest BCUT2D eigenvalue weighted by atomic mass is 9.90. The molecule has 0 saturated carbocycles. The Bertz CT molecular complexity index is 525. The molecule has 1 aliphatic carbocycles. The van der Waals surface area contributed by atoms with Crippen molar-refractivity contribution < 1.29 is 0 Å². The van der Waals surface area contributed by atoms with Crippen LogP contribution in [0.15, 0.2) is 23.6 Å². The largest absolute Gasteiger partial charge is 0.144 e. The van der Waals surface area contributed by atoms with E-state index in [1.54, 1.807) is 0 Å². The molecule has 0 saturated heterocycles. The van der Waals surface area contributed by atoms with Gasteiger partial charge in [-0.25, -0.2) is 0 Å². The normalized spacial score (nSPS) is 13.5. The maximum atomic E-state index is 6.29. The van der Waals surface area contributed by atoms with Crippen molar-refractivity contribution in [3.63, 3.8) is 0 Å². The second-order valence-electron chi connectivity index (χ2n) is 4.05. The van der Waals surface area contributed by atoms with Crippen LogP contribution in [0.4, 0.5) is 0 Å². The van der Waals surface area contributed by atoms with E-state index in [4.69, 9.17) is 11.6 Å². The van der Waals surface area contributed by atoms with Crippen LogP contribution in [0.3, 0.4) is 0 Å². The Morgan fingerprint density at radius 3 is 3.00 bits per heavy atom. The van der Waals surface area contributed by atoms with Crippen LogP contribution >= 0.6 is 22.9 Å². The highest BCUT2D eigenvalue weighted by atomic mass is 35.5. The topological polar surface area (TPSA) is 0 Å². The molecule has 1 aliphatic rings. The molecule has 1 heterocycles. The van der Waals surface area contributed by atoms with Gasteiger partial charge in [0.1, 0.15) is 0 Å². The lowest BCUT2D eigenvalue weighted by Gasteiger charge is -2.18. The molecular formula is C13H11ClS. The first kappa shape index (κ1) is 9.44. The van der Waals surface area contributed by atoms with Crippen molar-refractivity contribution in [2.45, 2.75) is 19.8 Å². The molecule has 0 spiro atoms. The SMILES string of the molecule is Cc1cc(Cl)c2c(c1)-c1sccc1CC2. The summed E-state index contributed by atoms with van der Waals surface area (Å²) in [6, 6.07) is 6.56. The highest BCUT2D eigenvalue weighted by molar-refractivity contribution is 7.13. The predicted molar refractivity (Wildman–Crippen MR) is 66.9 cm³/mol. The number of aryl methyl sites for hydroxylation is 2. The van der Waals surface area contributed by atoms with E-state index in [1.165, 1.54) is 27.1 Å². The van der Waals surface area contributed by atoms with Crippen LogP contribution in [-0.4, -0.2) is 0 Å². The second kappa shape index (κ2) is 3.36. The molecule has 3 rings (SSSR count).